The minimum Gasteiger partial charge on any atom is -0.223 e. The second-order valence-corrected chi connectivity index (χ2v) is 3.87. The third-order valence-corrected chi connectivity index (χ3v) is 2.00. The van der Waals surface area contributed by atoms with Crippen LogP contribution in [-0.4, -0.2) is 24.6 Å². The van der Waals surface area contributed by atoms with Gasteiger partial charge < -0.3 is 0 Å². The molecule has 0 atom stereocenters. The summed E-state index contributed by atoms with van der Waals surface area (Å²) in [6.45, 7) is 0. The molecule has 0 saturated heterocycles. The van der Waals surface area contributed by atoms with E-state index in [0.29, 0.717) is 0 Å². The van der Waals surface area contributed by atoms with Gasteiger partial charge in [0, 0.05) is 0 Å². The van der Waals surface area contributed by atoms with Crippen molar-refractivity contribution in [2.24, 2.45) is 0 Å². The van der Waals surface area contributed by atoms with Crippen LogP contribution in [0.3, 0.4) is 0 Å². The fraction of sp³-hybridized carbons (Fsp3) is 1.00. The van der Waals surface area contributed by atoms with Crippen molar-refractivity contribution in [1.82, 2.24) is 0 Å². The Hall–Kier alpha value is -0.620. The Bertz CT molecular complexity index is 337. The molecular weight excluding hydrogens is 336 g/mol. The number of rotatable bonds is 4. The minimum atomic E-state index is -7.57. The average molecular weight is 336 g/mol. The SMILES string of the molecule is O=P(F)(OC(F)(F)C(F)(F)F)OC(F)(F)C(F)(F)F. The first-order chi connectivity index (χ1) is 7.91. The van der Waals surface area contributed by atoms with Gasteiger partial charge in [-0.2, -0.15) is 43.9 Å². The Morgan fingerprint density at radius 1 is 0.632 bits per heavy atom. The predicted octanol–water partition coefficient (Wildman–Crippen LogP) is 4.41. The zero-order valence-corrected chi connectivity index (χ0v) is 8.72. The van der Waals surface area contributed by atoms with E-state index in [-0.39, 0.29) is 0 Å². The Morgan fingerprint density at radius 3 is 1.00 bits per heavy atom. The summed E-state index contributed by atoms with van der Waals surface area (Å²) >= 11 is 0. The molecule has 3 nitrogen and oxygen atoms in total. The molecule has 0 saturated carbocycles. The molecule has 0 aliphatic rings. The van der Waals surface area contributed by atoms with Crippen LogP contribution >= 0.6 is 7.91 Å². The van der Waals surface area contributed by atoms with Crippen molar-refractivity contribution in [1.29, 1.82) is 0 Å². The fourth-order valence-electron chi connectivity index (χ4n) is 0.396. The monoisotopic (exact) mass is 336 g/mol. The molecule has 116 valence electrons. The first kappa shape index (κ1) is 18.4. The van der Waals surface area contributed by atoms with Crippen molar-refractivity contribution in [2.75, 3.05) is 0 Å². The van der Waals surface area contributed by atoms with E-state index in [9.17, 15) is 52.7 Å². The molecule has 19 heavy (non-hydrogen) atoms. The summed E-state index contributed by atoms with van der Waals surface area (Å²) in [7, 11) is -7.57. The maximum Gasteiger partial charge on any atom is 0.523 e. The normalized spacial score (nSPS) is 15.7. The maximum atomic E-state index is 12.3. The van der Waals surface area contributed by atoms with E-state index >= 15 is 0 Å². The zero-order valence-electron chi connectivity index (χ0n) is 7.83. The van der Waals surface area contributed by atoms with E-state index in [2.05, 4.69) is 0 Å². The Balaban J connectivity index is 5.10. The molecule has 0 fully saturated rings. The summed E-state index contributed by atoms with van der Waals surface area (Å²) in [5.41, 5.74) is 0. The van der Waals surface area contributed by atoms with Crippen molar-refractivity contribution in [3.63, 3.8) is 0 Å². The van der Waals surface area contributed by atoms with E-state index in [1.165, 1.54) is 0 Å². The Morgan fingerprint density at radius 2 is 0.842 bits per heavy atom. The number of hydrogen-bond acceptors (Lipinski definition) is 3. The van der Waals surface area contributed by atoms with Crippen molar-refractivity contribution in [2.45, 2.75) is 24.6 Å². The number of halogens is 11. The van der Waals surface area contributed by atoms with Crippen LogP contribution < -0.4 is 0 Å². The second-order valence-electron chi connectivity index (χ2n) is 2.64. The lowest BCUT2D eigenvalue weighted by Gasteiger charge is -2.24. The molecule has 15 heteroatoms. The molecule has 0 aliphatic heterocycles. The van der Waals surface area contributed by atoms with Crippen LogP contribution in [0.25, 0.3) is 0 Å². The van der Waals surface area contributed by atoms with Gasteiger partial charge in [0.25, 0.3) is 0 Å². The van der Waals surface area contributed by atoms with E-state index in [0.717, 1.165) is 0 Å². The van der Waals surface area contributed by atoms with Crippen molar-refractivity contribution in [3.8, 4) is 0 Å². The summed E-state index contributed by atoms with van der Waals surface area (Å²) < 4.78 is 142. The van der Waals surface area contributed by atoms with Gasteiger partial charge in [-0.05, 0) is 0 Å². The first-order valence-corrected chi connectivity index (χ1v) is 4.95. The lowest BCUT2D eigenvalue weighted by atomic mass is 10.6. The molecular formula is C4F11O3P. The second kappa shape index (κ2) is 4.74. The van der Waals surface area contributed by atoms with Crippen molar-refractivity contribution < 1.29 is 61.7 Å². The van der Waals surface area contributed by atoms with Gasteiger partial charge >= 0.3 is 32.5 Å². The molecule has 0 aromatic carbocycles. The molecule has 0 radical (unpaired) electrons. The lowest BCUT2D eigenvalue weighted by molar-refractivity contribution is -0.384. The lowest BCUT2D eigenvalue weighted by Crippen LogP contribution is -2.41. The molecule has 0 aromatic rings. The highest BCUT2D eigenvalue weighted by Crippen LogP contribution is 2.61. The van der Waals surface area contributed by atoms with Crippen molar-refractivity contribution >= 4 is 7.91 Å². The molecule has 0 unspecified atom stereocenters. The van der Waals surface area contributed by atoms with Gasteiger partial charge in [0.1, 0.15) is 0 Å². The van der Waals surface area contributed by atoms with Crippen LogP contribution in [-0.2, 0) is 13.6 Å². The summed E-state index contributed by atoms with van der Waals surface area (Å²) in [5, 5.41) is 0. The molecule has 0 bridgehead atoms. The predicted molar refractivity (Wildman–Crippen MR) is 32.9 cm³/mol. The van der Waals surface area contributed by atoms with Crippen LogP contribution in [0.5, 0.6) is 0 Å². The molecule has 0 amide bonds. The summed E-state index contributed by atoms with van der Waals surface area (Å²) in [4.78, 5) is 0. The van der Waals surface area contributed by atoms with Gasteiger partial charge in [-0.1, -0.05) is 0 Å². The summed E-state index contributed by atoms with van der Waals surface area (Å²) in [5.74, 6) is 0. The third kappa shape index (κ3) is 4.76. The highest BCUT2D eigenvalue weighted by Gasteiger charge is 2.68. The molecule has 0 aromatic heterocycles. The molecule has 0 aliphatic carbocycles. The smallest absolute Gasteiger partial charge is 0.223 e. The standard InChI is InChI=1S/C4F11O3P/c5-1(6,7)3(11,12)17-19(15,16)18-4(13,14)2(8,9)10. The summed E-state index contributed by atoms with van der Waals surface area (Å²) in [6, 6.07) is 0. The third-order valence-electron chi connectivity index (χ3n) is 1.11. The van der Waals surface area contributed by atoms with Crippen LogP contribution in [0.2, 0.25) is 0 Å². The van der Waals surface area contributed by atoms with E-state index in [4.69, 9.17) is 0 Å². The van der Waals surface area contributed by atoms with Gasteiger partial charge in [-0.15, -0.1) is 4.20 Å². The molecule has 0 N–H and O–H groups in total. The molecule has 0 rings (SSSR count). The highest BCUT2D eigenvalue weighted by atomic mass is 31.2. The van der Waals surface area contributed by atoms with Gasteiger partial charge in [-0.25, -0.2) is 13.6 Å². The maximum absolute atomic E-state index is 12.3. The largest absolute Gasteiger partial charge is 0.523 e. The van der Waals surface area contributed by atoms with Gasteiger partial charge in [0.05, 0.1) is 0 Å². The average Bonchev–Trinajstić information content (AvgIpc) is 1.93. The van der Waals surface area contributed by atoms with Crippen LogP contribution in [0.4, 0.5) is 48.1 Å². The van der Waals surface area contributed by atoms with Gasteiger partial charge in [0.15, 0.2) is 0 Å². The number of alkyl halides is 10. The van der Waals surface area contributed by atoms with Gasteiger partial charge in [0.2, 0.25) is 0 Å². The van der Waals surface area contributed by atoms with E-state index < -0.39 is 32.5 Å². The molecule has 0 heterocycles. The topological polar surface area (TPSA) is 35.5 Å². The minimum absolute atomic E-state index is 1.75. The quantitative estimate of drug-likeness (QED) is 0.564. The van der Waals surface area contributed by atoms with E-state index in [1.54, 1.807) is 9.05 Å². The van der Waals surface area contributed by atoms with Gasteiger partial charge in [-0.3, -0.25) is 0 Å². The fourth-order valence-corrected chi connectivity index (χ4v) is 1.19. The zero-order chi connectivity index (χ0) is 15.9. The number of hydrogen-bond donors (Lipinski definition) is 0. The Labute approximate surface area is 95.5 Å². The first-order valence-electron chi connectivity index (χ1n) is 3.51. The molecule has 0 spiro atoms. The Kier molecular flexibility index (Phi) is 4.58. The van der Waals surface area contributed by atoms with Crippen molar-refractivity contribution in [3.05, 3.63) is 0 Å². The highest BCUT2D eigenvalue weighted by molar-refractivity contribution is 7.48. The summed E-state index contributed by atoms with van der Waals surface area (Å²) in [6.07, 6.45) is -26.6. The van der Waals surface area contributed by atoms with Crippen LogP contribution in [0.1, 0.15) is 0 Å². The van der Waals surface area contributed by atoms with Crippen LogP contribution in [0, 0.1) is 0 Å². The van der Waals surface area contributed by atoms with Crippen LogP contribution in [0.15, 0.2) is 0 Å². The van der Waals surface area contributed by atoms with E-state index in [1.807, 2.05) is 0 Å².